The van der Waals surface area contributed by atoms with Crippen LogP contribution in [0.25, 0.3) is 0 Å². The summed E-state index contributed by atoms with van der Waals surface area (Å²) in [7, 11) is 4.56. The molecule has 136 valence electrons. The summed E-state index contributed by atoms with van der Waals surface area (Å²) >= 11 is 0. The first kappa shape index (κ1) is 24.6. The van der Waals surface area contributed by atoms with E-state index >= 15 is 0 Å². The molecular weight excluding hydrogens is 340 g/mol. The largest absolute Gasteiger partial charge is 1.00 e. The first-order valence-corrected chi connectivity index (χ1v) is 9.15. The van der Waals surface area contributed by atoms with E-state index in [1.54, 1.807) is 0 Å². The zero-order chi connectivity index (χ0) is 16.0. The number of halogens is 1. The van der Waals surface area contributed by atoms with Crippen molar-refractivity contribution < 1.29 is 26.2 Å². The molecule has 0 aliphatic carbocycles. The van der Waals surface area contributed by atoms with E-state index in [0.717, 1.165) is 37.2 Å². The Bertz CT molecular complexity index is 225. The standard InChI is InChI=1S/C18H41N2O.BrH/c1-5-6-7-8-9-10-11-12-16-21-17-18(2)20(3,4)15-13-14-19;/h18H,5-17,19H2,1-4H3;1H/q+1;/p-1. The van der Waals surface area contributed by atoms with Gasteiger partial charge in [0, 0.05) is 13.0 Å². The lowest BCUT2D eigenvalue weighted by molar-refractivity contribution is -0.913. The number of hydrogen-bond acceptors (Lipinski definition) is 2. The smallest absolute Gasteiger partial charge is 0.109 e. The Morgan fingerprint density at radius 3 is 2.00 bits per heavy atom. The van der Waals surface area contributed by atoms with E-state index in [9.17, 15) is 0 Å². The quantitative estimate of drug-likeness (QED) is 0.339. The molecule has 0 amide bonds. The fraction of sp³-hybridized carbons (Fsp3) is 1.00. The average molecular weight is 381 g/mol. The first-order valence-electron chi connectivity index (χ1n) is 9.15. The number of unbranched alkanes of at least 4 members (excludes halogenated alkanes) is 7. The molecule has 1 unspecified atom stereocenters. The van der Waals surface area contributed by atoms with E-state index < -0.39 is 0 Å². The van der Waals surface area contributed by atoms with Crippen LogP contribution in [0.5, 0.6) is 0 Å². The lowest BCUT2D eigenvalue weighted by Crippen LogP contribution is -3.00. The van der Waals surface area contributed by atoms with Gasteiger partial charge in [0.1, 0.15) is 6.04 Å². The minimum atomic E-state index is 0. The van der Waals surface area contributed by atoms with Crippen molar-refractivity contribution in [3.8, 4) is 0 Å². The number of ether oxygens (including phenoxy) is 1. The fourth-order valence-electron chi connectivity index (χ4n) is 2.51. The second kappa shape index (κ2) is 16.2. The Kier molecular flexibility index (Phi) is 18.2. The van der Waals surface area contributed by atoms with Gasteiger partial charge < -0.3 is 31.9 Å². The van der Waals surface area contributed by atoms with E-state index in [-0.39, 0.29) is 17.0 Å². The van der Waals surface area contributed by atoms with Gasteiger partial charge in [0.05, 0.1) is 27.2 Å². The van der Waals surface area contributed by atoms with Gasteiger partial charge in [0.25, 0.3) is 0 Å². The zero-order valence-corrected chi connectivity index (χ0v) is 17.2. The second-order valence-corrected chi connectivity index (χ2v) is 7.04. The van der Waals surface area contributed by atoms with E-state index in [0.29, 0.717) is 6.04 Å². The summed E-state index contributed by atoms with van der Waals surface area (Å²) in [6.07, 6.45) is 12.0. The van der Waals surface area contributed by atoms with E-state index in [1.807, 2.05) is 0 Å². The summed E-state index contributed by atoms with van der Waals surface area (Å²) in [6.45, 7) is 8.27. The summed E-state index contributed by atoms with van der Waals surface area (Å²) in [5, 5.41) is 0. The van der Waals surface area contributed by atoms with Crippen molar-refractivity contribution in [2.24, 2.45) is 5.73 Å². The van der Waals surface area contributed by atoms with Crippen LogP contribution in [0.3, 0.4) is 0 Å². The van der Waals surface area contributed by atoms with Crippen molar-refractivity contribution in [1.82, 2.24) is 0 Å². The van der Waals surface area contributed by atoms with Crippen LogP contribution in [0.2, 0.25) is 0 Å². The molecule has 0 saturated heterocycles. The summed E-state index contributed by atoms with van der Waals surface area (Å²) in [5.41, 5.74) is 5.60. The number of nitrogens with two attached hydrogens (primary N) is 1. The number of nitrogens with zero attached hydrogens (tertiary/aromatic N) is 1. The molecule has 0 saturated carbocycles. The highest BCUT2D eigenvalue weighted by Gasteiger charge is 2.23. The van der Waals surface area contributed by atoms with Crippen LogP contribution in [-0.4, -0.2) is 50.9 Å². The molecule has 0 aromatic rings. The van der Waals surface area contributed by atoms with E-state index in [1.165, 1.54) is 51.4 Å². The van der Waals surface area contributed by atoms with Gasteiger partial charge in [-0.3, -0.25) is 0 Å². The molecule has 22 heavy (non-hydrogen) atoms. The first-order chi connectivity index (χ1) is 10.0. The maximum atomic E-state index is 5.86. The predicted octanol–water partition coefficient (Wildman–Crippen LogP) is 0.961. The number of hydrogen-bond donors (Lipinski definition) is 1. The van der Waals surface area contributed by atoms with Gasteiger partial charge in [0.2, 0.25) is 0 Å². The molecule has 0 aliphatic rings. The fourth-order valence-corrected chi connectivity index (χ4v) is 2.51. The molecule has 4 heteroatoms. The van der Waals surface area contributed by atoms with Crippen LogP contribution in [0.15, 0.2) is 0 Å². The van der Waals surface area contributed by atoms with E-state index in [4.69, 9.17) is 10.5 Å². The molecule has 2 N–H and O–H groups in total. The Morgan fingerprint density at radius 1 is 0.909 bits per heavy atom. The zero-order valence-electron chi connectivity index (χ0n) is 15.6. The molecule has 0 bridgehead atoms. The van der Waals surface area contributed by atoms with Crippen molar-refractivity contribution in [1.29, 1.82) is 0 Å². The Labute approximate surface area is 150 Å². The van der Waals surface area contributed by atoms with Gasteiger partial charge in [-0.15, -0.1) is 0 Å². The van der Waals surface area contributed by atoms with E-state index in [2.05, 4.69) is 27.9 Å². The predicted molar refractivity (Wildman–Crippen MR) is 93.5 cm³/mol. The van der Waals surface area contributed by atoms with Crippen molar-refractivity contribution in [2.75, 3.05) is 40.4 Å². The van der Waals surface area contributed by atoms with Gasteiger partial charge >= 0.3 is 0 Å². The van der Waals surface area contributed by atoms with Gasteiger partial charge in [-0.05, 0) is 19.9 Å². The highest BCUT2D eigenvalue weighted by Crippen LogP contribution is 2.10. The van der Waals surface area contributed by atoms with Gasteiger partial charge in [0.15, 0.2) is 0 Å². The molecule has 1 atom stereocenters. The number of likely N-dealkylation sites (N-methyl/N-ethyl adjacent to an activating group) is 1. The second-order valence-electron chi connectivity index (χ2n) is 7.04. The molecule has 3 nitrogen and oxygen atoms in total. The topological polar surface area (TPSA) is 35.2 Å². The van der Waals surface area contributed by atoms with Crippen LogP contribution in [0.4, 0.5) is 0 Å². The summed E-state index contributed by atoms with van der Waals surface area (Å²) < 4.78 is 6.87. The van der Waals surface area contributed by atoms with Crippen molar-refractivity contribution in [2.45, 2.75) is 77.7 Å². The third-order valence-corrected chi connectivity index (χ3v) is 4.63. The third kappa shape index (κ3) is 14.0. The van der Waals surface area contributed by atoms with Crippen LogP contribution < -0.4 is 22.7 Å². The van der Waals surface area contributed by atoms with Crippen molar-refractivity contribution in [3.05, 3.63) is 0 Å². The van der Waals surface area contributed by atoms with Crippen molar-refractivity contribution >= 4 is 0 Å². The van der Waals surface area contributed by atoms with Crippen molar-refractivity contribution in [3.63, 3.8) is 0 Å². The van der Waals surface area contributed by atoms with Crippen LogP contribution in [-0.2, 0) is 4.74 Å². The molecule has 0 aromatic heterocycles. The maximum absolute atomic E-state index is 5.86. The van der Waals surface area contributed by atoms with Gasteiger partial charge in [-0.25, -0.2) is 0 Å². The lowest BCUT2D eigenvalue weighted by Gasteiger charge is -2.36. The Morgan fingerprint density at radius 2 is 1.45 bits per heavy atom. The van der Waals surface area contributed by atoms with Crippen LogP contribution in [0.1, 0.15) is 71.6 Å². The number of quaternary nitrogens is 1. The minimum Gasteiger partial charge on any atom is -1.00 e. The summed E-state index contributed by atoms with van der Waals surface area (Å²) in [5.74, 6) is 0. The monoisotopic (exact) mass is 380 g/mol. The number of rotatable bonds is 15. The summed E-state index contributed by atoms with van der Waals surface area (Å²) in [4.78, 5) is 0. The highest BCUT2D eigenvalue weighted by atomic mass is 79.9. The molecule has 0 heterocycles. The Balaban J connectivity index is 0. The SMILES string of the molecule is CCCCCCCCCCOCC(C)[N+](C)(C)CCCN.[Br-]. The van der Waals surface area contributed by atoms with Crippen LogP contribution >= 0.6 is 0 Å². The molecule has 0 aromatic carbocycles. The molecule has 0 spiro atoms. The normalized spacial score (nSPS) is 13.0. The molecule has 0 fully saturated rings. The van der Waals surface area contributed by atoms with Crippen LogP contribution in [0, 0.1) is 0 Å². The third-order valence-electron chi connectivity index (χ3n) is 4.63. The highest BCUT2D eigenvalue weighted by molar-refractivity contribution is 4.51. The molecule has 0 radical (unpaired) electrons. The van der Waals surface area contributed by atoms with Gasteiger partial charge in [-0.2, -0.15) is 0 Å². The average Bonchev–Trinajstić information content (AvgIpc) is 2.46. The summed E-state index contributed by atoms with van der Waals surface area (Å²) in [6, 6.07) is 0.547. The van der Waals surface area contributed by atoms with Gasteiger partial charge in [-0.1, -0.05) is 51.9 Å². The molecule has 0 aliphatic heterocycles. The Hall–Kier alpha value is 0.360. The lowest BCUT2D eigenvalue weighted by atomic mass is 10.1. The molecular formula is C18H41BrN2O. The molecule has 0 rings (SSSR count). The minimum absolute atomic E-state index is 0. The maximum Gasteiger partial charge on any atom is 0.109 e.